The fourth-order valence-electron chi connectivity index (χ4n) is 4.18. The number of rotatable bonds is 8. The van der Waals surface area contributed by atoms with Gasteiger partial charge in [-0.25, -0.2) is 0 Å². The second-order valence-electron chi connectivity index (χ2n) is 9.34. The molecule has 0 atom stereocenters. The van der Waals surface area contributed by atoms with Gasteiger partial charge in [0.15, 0.2) is 5.82 Å². The molecule has 1 aromatic carbocycles. The average Bonchev–Trinajstić information content (AvgIpc) is 3.04. The summed E-state index contributed by atoms with van der Waals surface area (Å²) in [5.41, 5.74) is 2.00. The summed E-state index contributed by atoms with van der Waals surface area (Å²) < 4.78 is 7.92. The van der Waals surface area contributed by atoms with Crippen molar-refractivity contribution in [3.8, 4) is 5.75 Å². The van der Waals surface area contributed by atoms with Crippen molar-refractivity contribution in [2.45, 2.75) is 46.6 Å². The molecule has 168 valence electrons. The van der Waals surface area contributed by atoms with Gasteiger partial charge in [0.1, 0.15) is 5.75 Å². The highest BCUT2D eigenvalue weighted by Gasteiger charge is 2.29. The summed E-state index contributed by atoms with van der Waals surface area (Å²) in [6, 6.07) is 7.70. The quantitative estimate of drug-likeness (QED) is 0.606. The highest BCUT2D eigenvalue weighted by atomic mass is 35.5. The smallest absolute Gasteiger partial charge is 0.242 e. The first-order chi connectivity index (χ1) is 14.9. The number of aromatic nitrogens is 2. The lowest BCUT2D eigenvalue weighted by Crippen LogP contribution is -2.52. The van der Waals surface area contributed by atoms with Crippen LogP contribution >= 0.6 is 11.6 Å². The van der Waals surface area contributed by atoms with Crippen LogP contribution in [0.25, 0.3) is 0 Å². The van der Waals surface area contributed by atoms with Crippen molar-refractivity contribution in [3.63, 3.8) is 0 Å². The number of amides is 1. The Morgan fingerprint density at radius 1 is 1.23 bits per heavy atom. The van der Waals surface area contributed by atoms with Crippen molar-refractivity contribution in [2.24, 2.45) is 11.8 Å². The minimum atomic E-state index is 0.138. The van der Waals surface area contributed by atoms with E-state index < -0.39 is 0 Å². The first-order valence-electron chi connectivity index (χ1n) is 11.4. The standard InChI is InChI=1S/C24H33ClN4O2/c1-17(2)16-31-22-8-7-21(25)12-20(22)14-29-18(3)11-23(26-29)28-10-9-27(15-24(28)30)13-19-5-4-6-19/h7-8,11-12,17,19H,4-6,9-10,13-16H2,1-3H3. The normalized spacial score (nSPS) is 18.0. The summed E-state index contributed by atoms with van der Waals surface area (Å²) in [7, 11) is 0. The summed E-state index contributed by atoms with van der Waals surface area (Å²) in [5, 5.41) is 5.44. The number of carbonyl (C=O) groups is 1. The van der Waals surface area contributed by atoms with Crippen molar-refractivity contribution < 1.29 is 9.53 Å². The van der Waals surface area contributed by atoms with Gasteiger partial charge in [0.25, 0.3) is 0 Å². The lowest BCUT2D eigenvalue weighted by molar-refractivity contribution is -0.121. The first-order valence-corrected chi connectivity index (χ1v) is 11.7. The summed E-state index contributed by atoms with van der Waals surface area (Å²) in [4.78, 5) is 16.9. The van der Waals surface area contributed by atoms with Crippen LogP contribution in [0, 0.1) is 18.8 Å². The van der Waals surface area contributed by atoms with Crippen LogP contribution < -0.4 is 9.64 Å². The molecule has 1 amide bonds. The van der Waals surface area contributed by atoms with Crippen molar-refractivity contribution in [1.82, 2.24) is 14.7 Å². The summed E-state index contributed by atoms with van der Waals surface area (Å²) >= 11 is 6.25. The number of ether oxygens (including phenoxy) is 1. The third-order valence-corrected chi connectivity index (χ3v) is 6.44. The molecule has 1 aliphatic heterocycles. The summed E-state index contributed by atoms with van der Waals surface area (Å²) in [6.07, 6.45) is 3.96. The Morgan fingerprint density at radius 2 is 2.03 bits per heavy atom. The molecule has 0 N–H and O–H groups in total. The predicted octanol–water partition coefficient (Wildman–Crippen LogP) is 4.38. The molecule has 0 bridgehead atoms. The number of piperazine rings is 1. The molecule has 31 heavy (non-hydrogen) atoms. The van der Waals surface area contributed by atoms with Crippen molar-refractivity contribution >= 4 is 23.3 Å². The molecule has 2 fully saturated rings. The van der Waals surface area contributed by atoms with Crippen LogP contribution in [0.2, 0.25) is 5.02 Å². The topological polar surface area (TPSA) is 50.6 Å². The molecule has 2 aliphatic rings. The number of nitrogens with zero attached hydrogens (tertiary/aromatic N) is 4. The SMILES string of the molecule is Cc1cc(N2CCN(CC3CCC3)CC2=O)nn1Cc1cc(Cl)ccc1OCC(C)C. The summed E-state index contributed by atoms with van der Waals surface area (Å²) in [6.45, 7) is 10.6. The Labute approximate surface area is 190 Å². The molecular formula is C24H33ClN4O2. The molecule has 0 spiro atoms. The molecular weight excluding hydrogens is 412 g/mol. The molecule has 2 heterocycles. The van der Waals surface area contributed by atoms with Gasteiger partial charge in [0.2, 0.25) is 5.91 Å². The number of anilines is 1. The maximum absolute atomic E-state index is 12.8. The van der Waals surface area contributed by atoms with Gasteiger partial charge in [0, 0.05) is 42.0 Å². The molecule has 1 saturated heterocycles. The number of halogens is 1. The number of carbonyl (C=O) groups excluding carboxylic acids is 1. The highest BCUT2D eigenvalue weighted by Crippen LogP contribution is 2.28. The van der Waals surface area contributed by atoms with E-state index >= 15 is 0 Å². The van der Waals surface area contributed by atoms with Gasteiger partial charge < -0.3 is 4.74 Å². The van der Waals surface area contributed by atoms with Crippen LogP contribution in [-0.4, -0.2) is 53.4 Å². The van der Waals surface area contributed by atoms with Crippen LogP contribution in [-0.2, 0) is 11.3 Å². The third-order valence-electron chi connectivity index (χ3n) is 6.20. The Balaban J connectivity index is 1.45. The van der Waals surface area contributed by atoms with Crippen LogP contribution in [0.3, 0.4) is 0 Å². The molecule has 0 radical (unpaired) electrons. The van der Waals surface area contributed by atoms with Crippen molar-refractivity contribution in [2.75, 3.05) is 37.7 Å². The van der Waals surface area contributed by atoms with E-state index in [2.05, 4.69) is 18.7 Å². The van der Waals surface area contributed by atoms with E-state index in [-0.39, 0.29) is 5.91 Å². The van der Waals surface area contributed by atoms with E-state index in [0.717, 1.165) is 41.8 Å². The molecule has 6 nitrogen and oxygen atoms in total. The molecule has 1 aliphatic carbocycles. The maximum atomic E-state index is 12.8. The van der Waals surface area contributed by atoms with Crippen LogP contribution in [0.5, 0.6) is 5.75 Å². The minimum absolute atomic E-state index is 0.138. The largest absolute Gasteiger partial charge is 0.493 e. The Morgan fingerprint density at radius 3 is 2.71 bits per heavy atom. The molecule has 7 heteroatoms. The van der Waals surface area contributed by atoms with Gasteiger partial charge in [0.05, 0.1) is 19.7 Å². The van der Waals surface area contributed by atoms with Gasteiger partial charge in [-0.3, -0.25) is 19.3 Å². The Hall–Kier alpha value is -2.05. The van der Waals surface area contributed by atoms with Gasteiger partial charge in [-0.05, 0) is 49.8 Å². The lowest BCUT2D eigenvalue weighted by Gasteiger charge is -2.37. The predicted molar refractivity (Wildman–Crippen MR) is 124 cm³/mol. The van der Waals surface area contributed by atoms with E-state index in [9.17, 15) is 4.79 Å². The minimum Gasteiger partial charge on any atom is -0.493 e. The van der Waals surface area contributed by atoms with E-state index in [1.165, 1.54) is 19.3 Å². The number of benzene rings is 1. The van der Waals surface area contributed by atoms with Gasteiger partial charge in [-0.15, -0.1) is 0 Å². The fourth-order valence-corrected chi connectivity index (χ4v) is 4.37. The van der Waals surface area contributed by atoms with Gasteiger partial charge in [-0.2, -0.15) is 5.10 Å². The van der Waals surface area contributed by atoms with Crippen molar-refractivity contribution in [1.29, 1.82) is 0 Å². The molecule has 0 unspecified atom stereocenters. The van der Waals surface area contributed by atoms with E-state index in [1.807, 2.05) is 40.8 Å². The van der Waals surface area contributed by atoms with Crippen LogP contribution in [0.4, 0.5) is 5.82 Å². The lowest BCUT2D eigenvalue weighted by atomic mass is 9.85. The van der Waals surface area contributed by atoms with E-state index in [0.29, 0.717) is 37.2 Å². The van der Waals surface area contributed by atoms with Crippen LogP contribution in [0.15, 0.2) is 24.3 Å². The Kier molecular flexibility index (Phi) is 6.87. The molecule has 4 rings (SSSR count). The zero-order valence-corrected chi connectivity index (χ0v) is 19.6. The Bertz CT molecular complexity index is 922. The second-order valence-corrected chi connectivity index (χ2v) is 9.77. The number of aryl methyl sites for hydroxylation is 1. The number of hydrogen-bond donors (Lipinski definition) is 0. The maximum Gasteiger partial charge on any atom is 0.242 e. The zero-order chi connectivity index (χ0) is 22.0. The molecule has 2 aromatic rings. The third kappa shape index (κ3) is 5.42. The van der Waals surface area contributed by atoms with Gasteiger partial charge >= 0.3 is 0 Å². The molecule has 1 saturated carbocycles. The molecule has 1 aromatic heterocycles. The van der Waals surface area contributed by atoms with Crippen molar-refractivity contribution in [3.05, 3.63) is 40.5 Å². The first kappa shape index (κ1) is 22.2. The fraction of sp³-hybridized carbons (Fsp3) is 0.583. The number of hydrogen-bond acceptors (Lipinski definition) is 4. The highest BCUT2D eigenvalue weighted by molar-refractivity contribution is 6.30. The van der Waals surface area contributed by atoms with E-state index in [1.54, 1.807) is 0 Å². The second kappa shape index (κ2) is 9.61. The van der Waals surface area contributed by atoms with Crippen LogP contribution in [0.1, 0.15) is 44.4 Å². The monoisotopic (exact) mass is 444 g/mol. The van der Waals surface area contributed by atoms with Gasteiger partial charge in [-0.1, -0.05) is 31.9 Å². The summed E-state index contributed by atoms with van der Waals surface area (Å²) in [5.74, 6) is 2.92. The average molecular weight is 445 g/mol. The zero-order valence-electron chi connectivity index (χ0n) is 18.8. The van der Waals surface area contributed by atoms with E-state index in [4.69, 9.17) is 21.4 Å².